The molecule has 0 aromatic carbocycles. The van der Waals surface area contributed by atoms with Gasteiger partial charge in [-0.15, -0.1) is 0 Å². The van der Waals surface area contributed by atoms with Gasteiger partial charge in [0.25, 0.3) is 5.56 Å². The van der Waals surface area contributed by atoms with Crippen molar-refractivity contribution in [3.63, 3.8) is 0 Å². The van der Waals surface area contributed by atoms with Crippen molar-refractivity contribution < 1.29 is 20.1 Å². The maximum Gasteiger partial charge on any atom is 0.330 e. The number of aromatic nitrogens is 2. The standard InChI is InChI=1S/C11H17N3O6/c1-4-2-14(11(19)13-9(4)18)10-6(12)8(17)7(16)5(3-15)20-10/h2,5-8,10,15-17H,3,12H2,1H3,(H,13,18,19)/t5-,6+,7+,8-,10-/m0/s1. The molecule has 1 aliphatic heterocycles. The molecule has 2 rings (SSSR count). The van der Waals surface area contributed by atoms with Crippen molar-refractivity contribution in [1.82, 2.24) is 9.55 Å². The summed E-state index contributed by atoms with van der Waals surface area (Å²) in [6.45, 7) is 0.955. The normalized spacial score (nSPS) is 34.1. The maximum absolute atomic E-state index is 11.8. The van der Waals surface area contributed by atoms with E-state index in [0.717, 1.165) is 4.57 Å². The van der Waals surface area contributed by atoms with Gasteiger partial charge in [-0.2, -0.15) is 0 Å². The van der Waals surface area contributed by atoms with Gasteiger partial charge >= 0.3 is 5.69 Å². The number of nitrogens with one attached hydrogen (secondary N) is 1. The molecule has 9 nitrogen and oxygen atoms in total. The summed E-state index contributed by atoms with van der Waals surface area (Å²) in [5.74, 6) is 0. The zero-order chi connectivity index (χ0) is 15.0. The molecule has 9 heteroatoms. The van der Waals surface area contributed by atoms with Crippen molar-refractivity contribution in [3.05, 3.63) is 32.6 Å². The van der Waals surface area contributed by atoms with Gasteiger partial charge in [-0.1, -0.05) is 0 Å². The molecule has 1 aliphatic rings. The van der Waals surface area contributed by atoms with Crippen LogP contribution in [0.5, 0.6) is 0 Å². The number of aliphatic hydroxyl groups is 3. The Morgan fingerprint density at radius 2 is 2.05 bits per heavy atom. The maximum atomic E-state index is 11.8. The second kappa shape index (κ2) is 5.46. The number of nitrogens with zero attached hydrogens (tertiary/aromatic N) is 1. The predicted molar refractivity (Wildman–Crippen MR) is 67.0 cm³/mol. The fourth-order valence-electron chi connectivity index (χ4n) is 2.14. The van der Waals surface area contributed by atoms with Gasteiger partial charge in [0.2, 0.25) is 0 Å². The Bertz CT molecular complexity index is 595. The first kappa shape index (κ1) is 14.9. The summed E-state index contributed by atoms with van der Waals surface area (Å²) in [7, 11) is 0. The first-order valence-corrected chi connectivity index (χ1v) is 6.07. The van der Waals surface area contributed by atoms with Crippen LogP contribution in [0.15, 0.2) is 15.8 Å². The number of aromatic amines is 1. The Kier molecular flexibility index (Phi) is 4.06. The summed E-state index contributed by atoms with van der Waals surface area (Å²) in [5, 5.41) is 28.6. The molecule has 0 amide bonds. The minimum absolute atomic E-state index is 0.265. The van der Waals surface area contributed by atoms with Crippen LogP contribution in [-0.2, 0) is 4.74 Å². The van der Waals surface area contributed by atoms with Gasteiger partial charge in [-0.25, -0.2) is 4.79 Å². The lowest BCUT2D eigenvalue weighted by molar-refractivity contribution is -0.211. The van der Waals surface area contributed by atoms with Gasteiger partial charge in [-0.05, 0) is 6.92 Å². The quantitative estimate of drug-likeness (QED) is 0.384. The van der Waals surface area contributed by atoms with Crippen LogP contribution < -0.4 is 17.0 Å². The molecular formula is C11H17N3O6. The van der Waals surface area contributed by atoms with Crippen LogP contribution in [0.4, 0.5) is 0 Å². The zero-order valence-electron chi connectivity index (χ0n) is 10.8. The van der Waals surface area contributed by atoms with Crippen molar-refractivity contribution in [1.29, 1.82) is 0 Å². The molecule has 1 fully saturated rings. The number of H-pyrrole nitrogens is 1. The van der Waals surface area contributed by atoms with Crippen LogP contribution in [0.2, 0.25) is 0 Å². The minimum atomic E-state index is -1.37. The fourth-order valence-corrected chi connectivity index (χ4v) is 2.14. The van der Waals surface area contributed by atoms with Crippen LogP contribution in [0.25, 0.3) is 0 Å². The van der Waals surface area contributed by atoms with Crippen molar-refractivity contribution in [2.75, 3.05) is 6.61 Å². The molecule has 1 aromatic heterocycles. The predicted octanol–water partition coefficient (Wildman–Crippen LogP) is -3.22. The fraction of sp³-hybridized carbons (Fsp3) is 0.636. The van der Waals surface area contributed by atoms with E-state index in [0.29, 0.717) is 0 Å². The van der Waals surface area contributed by atoms with E-state index in [1.165, 1.54) is 13.1 Å². The molecule has 2 heterocycles. The van der Waals surface area contributed by atoms with Gasteiger partial charge < -0.3 is 25.8 Å². The van der Waals surface area contributed by atoms with Gasteiger partial charge in [0, 0.05) is 11.8 Å². The lowest BCUT2D eigenvalue weighted by Crippen LogP contribution is -2.61. The average Bonchev–Trinajstić information content (AvgIpc) is 2.41. The smallest absolute Gasteiger partial charge is 0.330 e. The Morgan fingerprint density at radius 1 is 1.40 bits per heavy atom. The number of aliphatic hydroxyl groups excluding tert-OH is 3. The molecule has 112 valence electrons. The number of rotatable bonds is 2. The molecule has 0 unspecified atom stereocenters. The van der Waals surface area contributed by atoms with Crippen LogP contribution in [0.3, 0.4) is 0 Å². The van der Waals surface area contributed by atoms with Crippen molar-refractivity contribution in [2.24, 2.45) is 5.73 Å². The van der Waals surface area contributed by atoms with Gasteiger partial charge in [0.1, 0.15) is 18.3 Å². The minimum Gasteiger partial charge on any atom is -0.394 e. The number of nitrogens with two attached hydrogens (primary N) is 1. The van der Waals surface area contributed by atoms with Crippen molar-refractivity contribution in [3.8, 4) is 0 Å². The van der Waals surface area contributed by atoms with Gasteiger partial charge in [0.15, 0.2) is 6.23 Å². The van der Waals surface area contributed by atoms with Crippen molar-refractivity contribution in [2.45, 2.75) is 37.5 Å². The highest BCUT2D eigenvalue weighted by Crippen LogP contribution is 2.25. The Morgan fingerprint density at radius 3 is 2.65 bits per heavy atom. The summed E-state index contributed by atoms with van der Waals surface area (Å²) < 4.78 is 6.38. The third kappa shape index (κ3) is 2.41. The molecule has 1 aromatic rings. The summed E-state index contributed by atoms with van der Waals surface area (Å²) in [6, 6.07) is -1.09. The number of ether oxygens (including phenoxy) is 1. The highest BCUT2D eigenvalue weighted by molar-refractivity contribution is 5.03. The molecule has 0 aliphatic carbocycles. The molecule has 0 saturated carbocycles. The van der Waals surface area contributed by atoms with E-state index in [1.807, 2.05) is 0 Å². The average molecular weight is 287 g/mol. The van der Waals surface area contributed by atoms with E-state index < -0.39 is 48.4 Å². The van der Waals surface area contributed by atoms with Crippen LogP contribution in [0.1, 0.15) is 11.8 Å². The molecule has 1 saturated heterocycles. The lowest BCUT2D eigenvalue weighted by atomic mass is 9.97. The molecule has 0 bridgehead atoms. The Hall–Kier alpha value is -1.52. The molecule has 20 heavy (non-hydrogen) atoms. The van der Waals surface area contributed by atoms with E-state index in [9.17, 15) is 19.8 Å². The van der Waals surface area contributed by atoms with E-state index in [2.05, 4.69) is 4.98 Å². The van der Waals surface area contributed by atoms with Crippen LogP contribution >= 0.6 is 0 Å². The van der Waals surface area contributed by atoms with E-state index in [-0.39, 0.29) is 5.56 Å². The lowest BCUT2D eigenvalue weighted by Gasteiger charge is -2.41. The highest BCUT2D eigenvalue weighted by atomic mass is 16.5. The number of aryl methyl sites for hydroxylation is 1. The Balaban J connectivity index is 2.44. The summed E-state index contributed by atoms with van der Waals surface area (Å²) >= 11 is 0. The highest BCUT2D eigenvalue weighted by Gasteiger charge is 2.43. The molecule has 5 atom stereocenters. The number of hydrogen-bond acceptors (Lipinski definition) is 7. The molecule has 6 N–H and O–H groups in total. The monoisotopic (exact) mass is 287 g/mol. The van der Waals surface area contributed by atoms with E-state index in [1.54, 1.807) is 0 Å². The number of hydrogen-bond donors (Lipinski definition) is 5. The van der Waals surface area contributed by atoms with Crippen molar-refractivity contribution >= 4 is 0 Å². The molecular weight excluding hydrogens is 270 g/mol. The van der Waals surface area contributed by atoms with Gasteiger partial charge in [-0.3, -0.25) is 14.3 Å². The SMILES string of the molecule is Cc1cn([C@H]2O[C@@H](CO)[C@@H](O)[C@@H](O)[C@H]2N)c(=O)[nH]c1=O. The topological polar surface area (TPSA) is 151 Å². The third-order valence-corrected chi connectivity index (χ3v) is 3.37. The second-order valence-corrected chi connectivity index (χ2v) is 4.78. The molecule has 0 radical (unpaired) electrons. The summed E-state index contributed by atoms with van der Waals surface area (Å²) in [5.41, 5.74) is 4.73. The third-order valence-electron chi connectivity index (χ3n) is 3.37. The summed E-state index contributed by atoms with van der Waals surface area (Å²) in [4.78, 5) is 25.2. The first-order chi connectivity index (χ1) is 9.36. The van der Waals surface area contributed by atoms with Gasteiger partial charge in [0.05, 0.1) is 12.6 Å². The van der Waals surface area contributed by atoms with Crippen LogP contribution in [-0.4, -0.2) is 55.8 Å². The second-order valence-electron chi connectivity index (χ2n) is 4.78. The largest absolute Gasteiger partial charge is 0.394 e. The molecule has 0 spiro atoms. The first-order valence-electron chi connectivity index (χ1n) is 6.07. The van der Waals surface area contributed by atoms with E-state index in [4.69, 9.17) is 15.6 Å². The van der Waals surface area contributed by atoms with E-state index >= 15 is 0 Å². The van der Waals surface area contributed by atoms with Crippen LogP contribution in [0, 0.1) is 6.92 Å². The zero-order valence-corrected chi connectivity index (χ0v) is 10.8. The Labute approximate surface area is 113 Å². The summed E-state index contributed by atoms with van der Waals surface area (Å²) in [6.07, 6.45) is -3.65.